The fourth-order valence-corrected chi connectivity index (χ4v) is 2.09. The molecule has 0 bridgehead atoms. The minimum absolute atomic E-state index is 1.17. The third-order valence-electron chi connectivity index (χ3n) is 3.33. The van der Waals surface area contributed by atoms with Gasteiger partial charge in [0.2, 0.25) is 0 Å². The van der Waals surface area contributed by atoms with Gasteiger partial charge in [0.05, 0.1) is 0 Å². The van der Waals surface area contributed by atoms with E-state index in [0.717, 1.165) is 0 Å². The van der Waals surface area contributed by atoms with Crippen molar-refractivity contribution in [2.45, 2.75) is 26.7 Å². The van der Waals surface area contributed by atoms with Gasteiger partial charge in [-0.15, -0.1) is 0 Å². The average molecular weight is 201 g/mol. The van der Waals surface area contributed by atoms with E-state index in [4.69, 9.17) is 0 Å². The molecule has 80 valence electrons. The quantitative estimate of drug-likeness (QED) is 0.709. The van der Waals surface area contributed by atoms with Gasteiger partial charge < -0.3 is 4.90 Å². The summed E-state index contributed by atoms with van der Waals surface area (Å²) < 4.78 is 0. The predicted octanol–water partition coefficient (Wildman–Crippen LogP) is 3.37. The van der Waals surface area contributed by atoms with Crippen molar-refractivity contribution in [3.8, 4) is 0 Å². The van der Waals surface area contributed by atoms with Crippen LogP contribution >= 0.6 is 0 Å². The molecule has 0 aliphatic carbocycles. The van der Waals surface area contributed by atoms with E-state index in [-0.39, 0.29) is 0 Å². The van der Waals surface area contributed by atoms with Crippen molar-refractivity contribution in [1.29, 1.82) is 0 Å². The van der Waals surface area contributed by atoms with Crippen LogP contribution in [0.15, 0.2) is 24.8 Å². The van der Waals surface area contributed by atoms with Gasteiger partial charge in [0, 0.05) is 18.8 Å². The average Bonchev–Trinajstić information content (AvgIpc) is 2.74. The molecule has 0 aromatic heterocycles. The second-order valence-electron chi connectivity index (χ2n) is 4.44. The molecule has 1 aromatic rings. The van der Waals surface area contributed by atoms with E-state index in [2.05, 4.69) is 43.5 Å². The number of benzene rings is 1. The molecule has 0 saturated carbocycles. The molecule has 0 atom stereocenters. The van der Waals surface area contributed by atoms with E-state index in [9.17, 15) is 0 Å². The molecule has 0 N–H and O–H groups in total. The van der Waals surface area contributed by atoms with Crippen LogP contribution < -0.4 is 0 Å². The fourth-order valence-electron chi connectivity index (χ4n) is 2.09. The monoisotopic (exact) mass is 201 g/mol. The van der Waals surface area contributed by atoms with Crippen molar-refractivity contribution >= 4 is 5.70 Å². The summed E-state index contributed by atoms with van der Waals surface area (Å²) in [6.07, 6.45) is 2.62. The zero-order valence-corrected chi connectivity index (χ0v) is 9.71. The maximum atomic E-state index is 4.20. The van der Waals surface area contributed by atoms with E-state index < -0.39 is 0 Å². The topological polar surface area (TPSA) is 3.24 Å². The third kappa shape index (κ3) is 2.06. The number of rotatable bonds is 2. The minimum atomic E-state index is 1.17. The molecule has 0 radical (unpaired) electrons. The van der Waals surface area contributed by atoms with Crippen LogP contribution in [0.1, 0.15) is 29.5 Å². The van der Waals surface area contributed by atoms with Crippen molar-refractivity contribution in [2.24, 2.45) is 0 Å². The van der Waals surface area contributed by atoms with Crippen LogP contribution in [0.3, 0.4) is 0 Å². The number of hydrogen-bond acceptors (Lipinski definition) is 1. The van der Waals surface area contributed by atoms with Gasteiger partial charge in [-0.25, -0.2) is 0 Å². The summed E-state index contributed by atoms with van der Waals surface area (Å²) in [4.78, 5) is 2.39. The molecule has 0 spiro atoms. The number of nitrogens with zero attached hydrogens (tertiary/aromatic N) is 1. The lowest BCUT2D eigenvalue weighted by molar-refractivity contribution is 0.494. The van der Waals surface area contributed by atoms with Gasteiger partial charge in [0.1, 0.15) is 0 Å². The molecule has 1 fully saturated rings. The molecule has 1 saturated heterocycles. The Labute approximate surface area is 92.4 Å². The fraction of sp³-hybridized carbons (Fsp3) is 0.429. The van der Waals surface area contributed by atoms with Crippen molar-refractivity contribution in [3.05, 3.63) is 41.5 Å². The van der Waals surface area contributed by atoms with E-state index in [0.29, 0.717) is 0 Å². The van der Waals surface area contributed by atoms with Crippen LogP contribution in [0, 0.1) is 13.8 Å². The first kappa shape index (κ1) is 10.3. The first-order valence-corrected chi connectivity index (χ1v) is 5.70. The van der Waals surface area contributed by atoms with Gasteiger partial charge in [-0.05, 0) is 49.4 Å². The van der Waals surface area contributed by atoms with Crippen molar-refractivity contribution in [3.63, 3.8) is 0 Å². The first-order valence-electron chi connectivity index (χ1n) is 5.70. The zero-order valence-electron chi connectivity index (χ0n) is 9.71. The van der Waals surface area contributed by atoms with E-state index in [1.165, 1.54) is 48.3 Å². The van der Waals surface area contributed by atoms with E-state index >= 15 is 0 Å². The van der Waals surface area contributed by atoms with Crippen molar-refractivity contribution in [2.75, 3.05) is 13.1 Å². The molecule has 1 aromatic carbocycles. The molecule has 0 amide bonds. The summed E-state index contributed by atoms with van der Waals surface area (Å²) in [6.45, 7) is 10.9. The van der Waals surface area contributed by atoms with Crippen LogP contribution in [0.4, 0.5) is 0 Å². The maximum Gasteiger partial charge on any atom is 0.0366 e. The molecular weight excluding hydrogens is 182 g/mol. The largest absolute Gasteiger partial charge is 0.372 e. The van der Waals surface area contributed by atoms with E-state index in [1.54, 1.807) is 0 Å². The molecule has 15 heavy (non-hydrogen) atoms. The molecule has 1 heteroatoms. The minimum Gasteiger partial charge on any atom is -0.372 e. The lowest BCUT2D eigenvalue weighted by Gasteiger charge is -2.21. The van der Waals surface area contributed by atoms with Crippen LogP contribution in [0.2, 0.25) is 0 Å². The first-order chi connectivity index (χ1) is 7.18. The molecule has 1 heterocycles. The zero-order chi connectivity index (χ0) is 10.8. The molecule has 1 aliphatic rings. The summed E-state index contributed by atoms with van der Waals surface area (Å²) in [5, 5.41) is 0. The van der Waals surface area contributed by atoms with Gasteiger partial charge in [-0.1, -0.05) is 18.7 Å². The van der Waals surface area contributed by atoms with E-state index in [1.807, 2.05) is 0 Å². The molecule has 0 unspecified atom stereocenters. The standard InChI is InChI=1S/C14H19N/c1-11-6-7-14(10-12(11)2)13(3)15-8-4-5-9-15/h6-7,10H,3-5,8-9H2,1-2H3. The summed E-state index contributed by atoms with van der Waals surface area (Å²) >= 11 is 0. The van der Waals surface area contributed by atoms with Gasteiger partial charge >= 0.3 is 0 Å². The van der Waals surface area contributed by atoms with Gasteiger partial charge in [-0.3, -0.25) is 0 Å². The highest BCUT2D eigenvalue weighted by Crippen LogP contribution is 2.23. The van der Waals surface area contributed by atoms with Crippen LogP contribution in [-0.2, 0) is 0 Å². The summed E-state index contributed by atoms with van der Waals surface area (Å²) in [5.41, 5.74) is 5.18. The molecule has 2 rings (SSSR count). The van der Waals surface area contributed by atoms with Gasteiger partial charge in [0.15, 0.2) is 0 Å². The highest BCUT2D eigenvalue weighted by Gasteiger charge is 2.14. The third-order valence-corrected chi connectivity index (χ3v) is 3.33. The Morgan fingerprint density at radius 1 is 1.13 bits per heavy atom. The highest BCUT2D eigenvalue weighted by molar-refractivity contribution is 5.63. The number of hydrogen-bond donors (Lipinski definition) is 0. The summed E-state index contributed by atoms with van der Waals surface area (Å²) in [7, 11) is 0. The Morgan fingerprint density at radius 3 is 2.40 bits per heavy atom. The normalized spacial score (nSPS) is 15.7. The Morgan fingerprint density at radius 2 is 1.80 bits per heavy atom. The van der Waals surface area contributed by atoms with Crippen LogP contribution in [0.5, 0.6) is 0 Å². The summed E-state index contributed by atoms with van der Waals surface area (Å²) in [6, 6.07) is 6.62. The SMILES string of the molecule is C=C(c1ccc(C)c(C)c1)N1CCCC1. The van der Waals surface area contributed by atoms with Crippen LogP contribution in [0.25, 0.3) is 5.70 Å². The maximum absolute atomic E-state index is 4.20. The smallest absolute Gasteiger partial charge is 0.0366 e. The Balaban J connectivity index is 2.21. The Kier molecular flexibility index (Phi) is 2.81. The Hall–Kier alpha value is -1.24. The predicted molar refractivity (Wildman–Crippen MR) is 65.8 cm³/mol. The van der Waals surface area contributed by atoms with Gasteiger partial charge in [-0.2, -0.15) is 0 Å². The number of aryl methyl sites for hydroxylation is 2. The molecular formula is C14H19N. The lowest BCUT2D eigenvalue weighted by Crippen LogP contribution is -2.16. The lowest BCUT2D eigenvalue weighted by atomic mass is 10.0. The van der Waals surface area contributed by atoms with Crippen LogP contribution in [-0.4, -0.2) is 18.0 Å². The van der Waals surface area contributed by atoms with Crippen molar-refractivity contribution in [1.82, 2.24) is 4.90 Å². The molecule has 1 aliphatic heterocycles. The van der Waals surface area contributed by atoms with Gasteiger partial charge in [0.25, 0.3) is 0 Å². The second kappa shape index (κ2) is 4.09. The van der Waals surface area contributed by atoms with Crippen molar-refractivity contribution < 1.29 is 0 Å². The number of likely N-dealkylation sites (tertiary alicyclic amines) is 1. The second-order valence-corrected chi connectivity index (χ2v) is 4.44. The highest BCUT2D eigenvalue weighted by atomic mass is 15.1. The summed E-state index contributed by atoms with van der Waals surface area (Å²) in [5.74, 6) is 0. The molecule has 1 nitrogen and oxygen atoms in total. The Bertz CT molecular complexity index is 373.